The Bertz CT molecular complexity index is 772. The van der Waals surface area contributed by atoms with Crippen LogP contribution in [0, 0.1) is 5.92 Å². The summed E-state index contributed by atoms with van der Waals surface area (Å²) < 4.78 is 49.7. The van der Waals surface area contributed by atoms with Crippen molar-refractivity contribution in [2.45, 2.75) is 57.0 Å². The molecule has 4 unspecified atom stereocenters. The number of piperazine rings is 1. The third-order valence-corrected chi connectivity index (χ3v) is 6.79. The molecule has 186 valence electrons. The molecule has 7 nitrogen and oxygen atoms in total. The van der Waals surface area contributed by atoms with Gasteiger partial charge in [0.25, 0.3) is 0 Å². The molecule has 0 aromatic carbocycles. The van der Waals surface area contributed by atoms with E-state index < -0.39 is 11.7 Å². The Morgan fingerprint density at radius 3 is 2.61 bits per heavy atom. The van der Waals surface area contributed by atoms with Crippen molar-refractivity contribution in [3.8, 4) is 0 Å². The molecule has 1 aromatic heterocycles. The summed E-state index contributed by atoms with van der Waals surface area (Å²) in [5, 5.41) is 3.65. The molecule has 1 saturated carbocycles. The first-order valence-electron chi connectivity index (χ1n) is 11.6. The number of rotatable bonds is 9. The van der Waals surface area contributed by atoms with Crippen LogP contribution in [-0.4, -0.2) is 81.0 Å². The number of amides is 1. The van der Waals surface area contributed by atoms with E-state index in [1.807, 2.05) is 16.7 Å². The maximum atomic E-state index is 13.1. The van der Waals surface area contributed by atoms with Gasteiger partial charge in [0.15, 0.2) is 0 Å². The molecule has 3 rings (SSSR count). The van der Waals surface area contributed by atoms with E-state index in [0.717, 1.165) is 37.8 Å². The van der Waals surface area contributed by atoms with Crippen LogP contribution in [0.5, 0.6) is 0 Å². The largest absolute Gasteiger partial charge is 0.416 e. The molecule has 4 atom stereocenters. The lowest BCUT2D eigenvalue weighted by Gasteiger charge is -2.36. The minimum absolute atomic E-state index is 0.0262. The first-order chi connectivity index (χ1) is 15.7. The number of nitrogens with zero attached hydrogens (tertiary/aromatic N) is 3. The third-order valence-electron chi connectivity index (χ3n) is 6.79. The van der Waals surface area contributed by atoms with Crippen LogP contribution < -0.4 is 10.2 Å². The Morgan fingerprint density at radius 1 is 1.24 bits per heavy atom. The van der Waals surface area contributed by atoms with Crippen LogP contribution in [0.3, 0.4) is 0 Å². The SMILES string of the molecule is COCCC(NC1CCC(C(=O)N2CCN(c3cc(C(F)(F)F)ccn3)CC2)C1)C(C)OC. The normalized spacial score (nSPS) is 23.6. The molecule has 0 bridgehead atoms. The maximum absolute atomic E-state index is 13.1. The van der Waals surface area contributed by atoms with Crippen molar-refractivity contribution < 1.29 is 27.4 Å². The molecule has 2 aliphatic rings. The van der Waals surface area contributed by atoms with Crippen molar-refractivity contribution in [3.05, 3.63) is 23.9 Å². The number of methoxy groups -OCH3 is 2. The summed E-state index contributed by atoms with van der Waals surface area (Å²) >= 11 is 0. The highest BCUT2D eigenvalue weighted by molar-refractivity contribution is 5.79. The predicted octanol–water partition coefficient (Wildman–Crippen LogP) is 2.95. The van der Waals surface area contributed by atoms with Crippen LogP contribution in [0.1, 0.15) is 38.2 Å². The van der Waals surface area contributed by atoms with E-state index in [1.54, 1.807) is 14.2 Å². The second-order valence-electron chi connectivity index (χ2n) is 8.92. The molecule has 1 saturated heterocycles. The number of anilines is 1. The van der Waals surface area contributed by atoms with Gasteiger partial charge in [0, 0.05) is 71.2 Å². The fourth-order valence-corrected chi connectivity index (χ4v) is 4.70. The van der Waals surface area contributed by atoms with Crippen LogP contribution in [0.4, 0.5) is 19.0 Å². The number of aromatic nitrogens is 1. The van der Waals surface area contributed by atoms with Crippen LogP contribution in [0.25, 0.3) is 0 Å². The molecule has 1 N–H and O–H groups in total. The Balaban J connectivity index is 1.50. The summed E-state index contributed by atoms with van der Waals surface area (Å²) in [5.41, 5.74) is -0.706. The van der Waals surface area contributed by atoms with Gasteiger partial charge in [0.1, 0.15) is 5.82 Å². The van der Waals surface area contributed by atoms with Crippen molar-refractivity contribution in [1.82, 2.24) is 15.2 Å². The quantitative estimate of drug-likeness (QED) is 0.596. The van der Waals surface area contributed by atoms with Gasteiger partial charge in [0.2, 0.25) is 5.91 Å². The van der Waals surface area contributed by atoms with E-state index in [2.05, 4.69) is 10.3 Å². The van der Waals surface area contributed by atoms with Crippen LogP contribution >= 0.6 is 0 Å². The average Bonchev–Trinajstić information content (AvgIpc) is 3.29. The molecular weight excluding hydrogens is 437 g/mol. The number of ether oxygens (including phenoxy) is 2. The number of halogens is 3. The standard InChI is InChI=1S/C23H35F3N4O3/c1-16(33-3)20(7-13-32-2)28-19-5-4-17(14-19)22(31)30-11-9-29(10-12-30)21-15-18(6-8-27-21)23(24,25)26/h6,8,15-17,19-20,28H,4-5,7,9-14H2,1-3H3. The Morgan fingerprint density at radius 2 is 1.97 bits per heavy atom. The molecule has 1 aliphatic heterocycles. The zero-order valence-corrected chi connectivity index (χ0v) is 19.6. The predicted molar refractivity (Wildman–Crippen MR) is 119 cm³/mol. The summed E-state index contributed by atoms with van der Waals surface area (Å²) in [4.78, 5) is 20.8. The van der Waals surface area contributed by atoms with Gasteiger partial charge in [-0.25, -0.2) is 4.98 Å². The highest BCUT2D eigenvalue weighted by Gasteiger charge is 2.36. The van der Waals surface area contributed by atoms with Gasteiger partial charge < -0.3 is 24.6 Å². The second kappa shape index (κ2) is 11.5. The lowest BCUT2D eigenvalue weighted by atomic mass is 10.0. The minimum Gasteiger partial charge on any atom is -0.385 e. The van der Waals surface area contributed by atoms with Crippen molar-refractivity contribution in [2.75, 3.05) is 51.9 Å². The van der Waals surface area contributed by atoms with Crippen molar-refractivity contribution in [2.24, 2.45) is 5.92 Å². The summed E-state index contributed by atoms with van der Waals surface area (Å²) in [6.07, 6.45) is 0.236. The molecule has 10 heteroatoms. The average molecular weight is 473 g/mol. The summed E-state index contributed by atoms with van der Waals surface area (Å²) in [7, 11) is 3.38. The van der Waals surface area contributed by atoms with Gasteiger partial charge in [-0.1, -0.05) is 0 Å². The van der Waals surface area contributed by atoms with E-state index in [-0.39, 0.29) is 30.0 Å². The second-order valence-corrected chi connectivity index (χ2v) is 8.92. The molecule has 0 spiro atoms. The lowest BCUT2D eigenvalue weighted by Crippen LogP contribution is -2.50. The summed E-state index contributed by atoms with van der Waals surface area (Å²) in [6.45, 7) is 4.60. The number of hydrogen-bond donors (Lipinski definition) is 1. The molecule has 1 amide bonds. The monoisotopic (exact) mass is 472 g/mol. The van der Waals surface area contributed by atoms with E-state index in [9.17, 15) is 18.0 Å². The zero-order valence-electron chi connectivity index (χ0n) is 19.6. The van der Waals surface area contributed by atoms with Crippen molar-refractivity contribution in [1.29, 1.82) is 0 Å². The van der Waals surface area contributed by atoms with Gasteiger partial charge in [-0.05, 0) is 44.7 Å². The number of carbonyl (C=O) groups is 1. The topological polar surface area (TPSA) is 66.9 Å². The number of carbonyl (C=O) groups excluding carboxylic acids is 1. The smallest absolute Gasteiger partial charge is 0.385 e. The molecular formula is C23H35F3N4O3. The van der Waals surface area contributed by atoms with E-state index in [1.165, 1.54) is 6.20 Å². The van der Waals surface area contributed by atoms with Crippen LogP contribution in [0.2, 0.25) is 0 Å². The number of alkyl halides is 3. The fraction of sp³-hybridized carbons (Fsp3) is 0.739. The highest BCUT2D eigenvalue weighted by atomic mass is 19.4. The number of nitrogens with one attached hydrogen (secondary N) is 1. The summed E-state index contributed by atoms with van der Waals surface area (Å²) in [5.74, 6) is 0.419. The molecule has 2 fully saturated rings. The Hall–Kier alpha value is -1.91. The molecule has 0 radical (unpaired) electrons. The van der Waals surface area contributed by atoms with Crippen molar-refractivity contribution in [3.63, 3.8) is 0 Å². The first-order valence-corrected chi connectivity index (χ1v) is 11.6. The van der Waals surface area contributed by atoms with Gasteiger partial charge >= 0.3 is 6.18 Å². The van der Waals surface area contributed by atoms with Crippen LogP contribution in [0.15, 0.2) is 18.3 Å². The Labute approximate surface area is 193 Å². The fourth-order valence-electron chi connectivity index (χ4n) is 4.70. The van der Waals surface area contributed by atoms with E-state index in [0.29, 0.717) is 38.6 Å². The number of hydrogen-bond acceptors (Lipinski definition) is 6. The van der Waals surface area contributed by atoms with Gasteiger partial charge in [0.05, 0.1) is 11.7 Å². The van der Waals surface area contributed by atoms with Gasteiger partial charge in [-0.2, -0.15) is 13.2 Å². The van der Waals surface area contributed by atoms with Gasteiger partial charge in [-0.15, -0.1) is 0 Å². The van der Waals surface area contributed by atoms with Gasteiger partial charge in [-0.3, -0.25) is 4.79 Å². The third kappa shape index (κ3) is 6.80. The maximum Gasteiger partial charge on any atom is 0.416 e. The van der Waals surface area contributed by atoms with Crippen molar-refractivity contribution >= 4 is 11.7 Å². The molecule has 2 heterocycles. The Kier molecular flexibility index (Phi) is 8.95. The lowest BCUT2D eigenvalue weighted by molar-refractivity contribution is -0.137. The molecule has 33 heavy (non-hydrogen) atoms. The molecule has 1 aromatic rings. The first kappa shape index (κ1) is 25.7. The van der Waals surface area contributed by atoms with E-state index in [4.69, 9.17) is 9.47 Å². The minimum atomic E-state index is -4.40. The molecule has 1 aliphatic carbocycles. The number of pyridine rings is 1. The zero-order chi connectivity index (χ0) is 24.0. The van der Waals surface area contributed by atoms with Crippen LogP contribution in [-0.2, 0) is 20.4 Å². The highest BCUT2D eigenvalue weighted by Crippen LogP contribution is 2.32. The van der Waals surface area contributed by atoms with E-state index >= 15 is 0 Å². The summed E-state index contributed by atoms with van der Waals surface area (Å²) in [6, 6.07) is 2.47.